The van der Waals surface area contributed by atoms with Crippen LogP contribution in [0, 0.1) is 5.92 Å². The van der Waals surface area contributed by atoms with E-state index < -0.39 is 0 Å². The van der Waals surface area contributed by atoms with E-state index in [9.17, 15) is 0 Å². The zero-order chi connectivity index (χ0) is 16.9. The number of hydrogen-bond acceptors (Lipinski definition) is 5. The van der Waals surface area contributed by atoms with E-state index in [0.29, 0.717) is 24.7 Å². The predicted octanol–water partition coefficient (Wildman–Crippen LogP) is 2.67. The molecule has 4 rings (SSSR count). The van der Waals surface area contributed by atoms with Crippen molar-refractivity contribution in [2.45, 2.75) is 38.1 Å². The van der Waals surface area contributed by atoms with E-state index in [4.69, 9.17) is 9.47 Å². The van der Waals surface area contributed by atoms with Gasteiger partial charge in [0.25, 0.3) is 0 Å². The number of fused-ring (bicyclic) bond motifs is 1. The highest BCUT2D eigenvalue weighted by Crippen LogP contribution is 2.35. The van der Waals surface area contributed by atoms with Gasteiger partial charge in [0.15, 0.2) is 0 Å². The largest absolute Gasteiger partial charge is 0.376 e. The summed E-state index contributed by atoms with van der Waals surface area (Å²) in [7, 11) is 0. The minimum atomic E-state index is 0.291. The average molecular weight is 339 g/mol. The molecule has 0 aromatic carbocycles. The summed E-state index contributed by atoms with van der Waals surface area (Å²) in [4.78, 5) is 10.9. The van der Waals surface area contributed by atoms with Gasteiger partial charge >= 0.3 is 0 Å². The van der Waals surface area contributed by atoms with E-state index in [1.54, 1.807) is 6.20 Å². The Morgan fingerprint density at radius 2 is 1.88 bits per heavy atom. The summed E-state index contributed by atoms with van der Waals surface area (Å²) in [5.74, 6) is 0.485. The molecule has 5 heteroatoms. The first-order chi connectivity index (χ1) is 12.4. The van der Waals surface area contributed by atoms with Crippen molar-refractivity contribution in [1.29, 1.82) is 0 Å². The van der Waals surface area contributed by atoms with Crippen LogP contribution in [0.25, 0.3) is 0 Å². The van der Waals surface area contributed by atoms with Crippen LogP contribution in [0.2, 0.25) is 0 Å². The maximum absolute atomic E-state index is 6.14. The van der Waals surface area contributed by atoms with Gasteiger partial charge in [-0.1, -0.05) is 12.1 Å². The van der Waals surface area contributed by atoms with Gasteiger partial charge < -0.3 is 9.47 Å². The van der Waals surface area contributed by atoms with Crippen molar-refractivity contribution < 1.29 is 9.47 Å². The first-order valence-corrected chi connectivity index (χ1v) is 9.11. The molecule has 0 bridgehead atoms. The third-order valence-corrected chi connectivity index (χ3v) is 5.27. The van der Waals surface area contributed by atoms with Gasteiger partial charge in [0.05, 0.1) is 25.9 Å². The van der Waals surface area contributed by atoms with Crippen LogP contribution in [-0.2, 0) is 22.6 Å². The van der Waals surface area contributed by atoms with Crippen molar-refractivity contribution in [3.63, 3.8) is 0 Å². The molecule has 1 saturated carbocycles. The van der Waals surface area contributed by atoms with Gasteiger partial charge in [0.1, 0.15) is 0 Å². The molecule has 1 aliphatic carbocycles. The average Bonchev–Trinajstić information content (AvgIpc) is 3.08. The van der Waals surface area contributed by atoms with Crippen LogP contribution in [0.5, 0.6) is 0 Å². The summed E-state index contributed by atoms with van der Waals surface area (Å²) < 4.78 is 12.1. The molecule has 2 fully saturated rings. The molecule has 3 heterocycles. The van der Waals surface area contributed by atoms with Crippen molar-refractivity contribution in [3.05, 3.63) is 60.2 Å². The van der Waals surface area contributed by atoms with Crippen molar-refractivity contribution in [2.24, 2.45) is 5.92 Å². The molecule has 132 valence electrons. The fourth-order valence-corrected chi connectivity index (χ4v) is 4.05. The highest BCUT2D eigenvalue weighted by atomic mass is 16.5. The zero-order valence-electron chi connectivity index (χ0n) is 14.5. The van der Waals surface area contributed by atoms with Gasteiger partial charge in [-0.05, 0) is 36.1 Å². The first kappa shape index (κ1) is 16.6. The van der Waals surface area contributed by atoms with E-state index in [-0.39, 0.29) is 0 Å². The fraction of sp³-hybridized carbons (Fsp3) is 0.500. The molecule has 3 unspecified atom stereocenters. The van der Waals surface area contributed by atoms with Crippen LogP contribution in [0.15, 0.2) is 49.1 Å². The standard InChI is InChI=1S/C20H25N3O2/c1-3-16(11-21-7-1)13-23-9-10-25-20-18(5-6-19(20)23)15-24-14-17-4-2-8-22-12-17/h1-4,7-8,11-12,18-20H,5-6,9-10,13-15H2. The summed E-state index contributed by atoms with van der Waals surface area (Å²) in [5, 5.41) is 0. The highest BCUT2D eigenvalue weighted by Gasteiger charge is 2.42. The number of nitrogens with zero attached hydrogens (tertiary/aromatic N) is 3. The normalized spacial score (nSPS) is 26.5. The minimum absolute atomic E-state index is 0.291. The topological polar surface area (TPSA) is 47.5 Å². The van der Waals surface area contributed by atoms with Gasteiger partial charge in [0, 0.05) is 49.8 Å². The Bertz CT molecular complexity index is 653. The molecule has 0 amide bonds. The smallest absolute Gasteiger partial charge is 0.0781 e. The maximum atomic E-state index is 6.14. The van der Waals surface area contributed by atoms with Crippen molar-refractivity contribution in [1.82, 2.24) is 14.9 Å². The molecule has 2 aliphatic rings. The van der Waals surface area contributed by atoms with E-state index in [1.807, 2.05) is 30.7 Å². The number of hydrogen-bond donors (Lipinski definition) is 0. The molecule has 5 nitrogen and oxygen atoms in total. The number of pyridine rings is 2. The second kappa shape index (κ2) is 8.04. The molecule has 0 radical (unpaired) electrons. The highest BCUT2D eigenvalue weighted by molar-refractivity contribution is 5.10. The molecule has 25 heavy (non-hydrogen) atoms. The summed E-state index contributed by atoms with van der Waals surface area (Å²) in [6.07, 6.45) is 10.1. The molecule has 2 aromatic rings. The van der Waals surface area contributed by atoms with Gasteiger partial charge in [-0.15, -0.1) is 0 Å². The van der Waals surface area contributed by atoms with E-state index >= 15 is 0 Å². The summed E-state index contributed by atoms with van der Waals surface area (Å²) in [5.41, 5.74) is 2.40. The maximum Gasteiger partial charge on any atom is 0.0781 e. The van der Waals surface area contributed by atoms with Crippen LogP contribution in [0.1, 0.15) is 24.0 Å². The Kier molecular flexibility index (Phi) is 5.35. The van der Waals surface area contributed by atoms with Crippen molar-refractivity contribution in [2.75, 3.05) is 19.8 Å². The molecule has 3 atom stereocenters. The minimum Gasteiger partial charge on any atom is -0.376 e. The molecule has 2 aromatic heterocycles. The van der Waals surface area contributed by atoms with Crippen LogP contribution in [0.3, 0.4) is 0 Å². The number of morpholine rings is 1. The third-order valence-electron chi connectivity index (χ3n) is 5.27. The zero-order valence-corrected chi connectivity index (χ0v) is 14.5. The summed E-state index contributed by atoms with van der Waals surface area (Å²) >= 11 is 0. The van der Waals surface area contributed by atoms with Gasteiger partial charge in [-0.2, -0.15) is 0 Å². The molecule has 1 saturated heterocycles. The van der Waals surface area contributed by atoms with Crippen LogP contribution in [-0.4, -0.2) is 46.8 Å². The van der Waals surface area contributed by atoms with E-state index in [0.717, 1.165) is 31.9 Å². The number of rotatable bonds is 6. The van der Waals surface area contributed by atoms with Gasteiger partial charge in [0.2, 0.25) is 0 Å². The molecular weight excluding hydrogens is 314 g/mol. The van der Waals surface area contributed by atoms with Crippen molar-refractivity contribution >= 4 is 0 Å². The molecule has 1 aliphatic heterocycles. The molecule has 0 spiro atoms. The Hall–Kier alpha value is -1.82. The quantitative estimate of drug-likeness (QED) is 0.810. The number of aromatic nitrogens is 2. The van der Waals surface area contributed by atoms with Crippen molar-refractivity contribution in [3.8, 4) is 0 Å². The van der Waals surface area contributed by atoms with Crippen LogP contribution in [0.4, 0.5) is 0 Å². The Morgan fingerprint density at radius 1 is 1.08 bits per heavy atom. The lowest BCUT2D eigenvalue weighted by atomic mass is 10.0. The predicted molar refractivity (Wildman–Crippen MR) is 94.8 cm³/mol. The lowest BCUT2D eigenvalue weighted by Gasteiger charge is -2.39. The second-order valence-electron chi connectivity index (χ2n) is 6.95. The van der Waals surface area contributed by atoms with Crippen LogP contribution < -0.4 is 0 Å². The molecular formula is C20H25N3O2. The summed E-state index contributed by atoms with van der Waals surface area (Å²) in [6.45, 7) is 4.15. The Balaban J connectivity index is 1.31. The van der Waals surface area contributed by atoms with Crippen LogP contribution >= 0.6 is 0 Å². The molecule has 0 N–H and O–H groups in total. The summed E-state index contributed by atoms with van der Waals surface area (Å²) in [6, 6.07) is 8.67. The Morgan fingerprint density at radius 3 is 2.64 bits per heavy atom. The van der Waals surface area contributed by atoms with E-state index in [1.165, 1.54) is 18.4 Å². The second-order valence-corrected chi connectivity index (χ2v) is 6.95. The van der Waals surface area contributed by atoms with Gasteiger partial charge in [-0.25, -0.2) is 0 Å². The third kappa shape index (κ3) is 4.06. The SMILES string of the molecule is c1cncc(COCC2CCC3C2OCCN3Cc2cccnc2)c1. The lowest BCUT2D eigenvalue weighted by Crippen LogP contribution is -2.50. The lowest BCUT2D eigenvalue weighted by molar-refractivity contribution is -0.0891. The van der Waals surface area contributed by atoms with E-state index in [2.05, 4.69) is 27.0 Å². The first-order valence-electron chi connectivity index (χ1n) is 9.11. The number of ether oxygens (including phenoxy) is 2. The van der Waals surface area contributed by atoms with Gasteiger partial charge in [-0.3, -0.25) is 14.9 Å². The monoisotopic (exact) mass is 339 g/mol. The Labute approximate surface area is 149 Å². The fourth-order valence-electron chi connectivity index (χ4n) is 4.05.